The Labute approximate surface area is 113 Å². The molecule has 19 heavy (non-hydrogen) atoms. The molecule has 0 aliphatic carbocycles. The van der Waals surface area contributed by atoms with Gasteiger partial charge >= 0.3 is 0 Å². The van der Waals surface area contributed by atoms with Gasteiger partial charge in [-0.1, -0.05) is 12.1 Å². The maximum absolute atomic E-state index is 11.7. The Kier molecular flexibility index (Phi) is 4.12. The SMILES string of the molecule is CNC(=O)C(CN)Cc1ccc2nc(C)ccc2c1. The Bertz CT molecular complexity index is 595. The molecule has 3 N–H and O–H groups in total. The number of pyridine rings is 1. The number of nitrogens with one attached hydrogen (secondary N) is 1. The standard InChI is InChI=1S/C15H19N3O/c1-10-3-5-12-7-11(4-6-14(12)18-10)8-13(9-16)15(19)17-2/h3-7,13H,8-9,16H2,1-2H3,(H,17,19). The van der Waals surface area contributed by atoms with Gasteiger partial charge in [0, 0.05) is 24.7 Å². The van der Waals surface area contributed by atoms with Gasteiger partial charge in [0.05, 0.1) is 11.4 Å². The first kappa shape index (κ1) is 13.5. The van der Waals surface area contributed by atoms with Crippen molar-refractivity contribution < 1.29 is 4.79 Å². The molecule has 4 nitrogen and oxygen atoms in total. The summed E-state index contributed by atoms with van der Waals surface area (Å²) in [7, 11) is 1.64. The minimum absolute atomic E-state index is 0.00960. The summed E-state index contributed by atoms with van der Waals surface area (Å²) in [6.07, 6.45) is 0.653. The van der Waals surface area contributed by atoms with Gasteiger partial charge in [0.2, 0.25) is 5.91 Å². The van der Waals surface area contributed by atoms with Gasteiger partial charge < -0.3 is 11.1 Å². The van der Waals surface area contributed by atoms with Crippen LogP contribution < -0.4 is 11.1 Å². The van der Waals surface area contributed by atoms with Crippen LogP contribution in [0.4, 0.5) is 0 Å². The van der Waals surface area contributed by atoms with Crippen LogP contribution in [-0.2, 0) is 11.2 Å². The van der Waals surface area contributed by atoms with E-state index >= 15 is 0 Å². The molecule has 0 spiro atoms. The molecule has 2 rings (SSSR count). The first-order valence-electron chi connectivity index (χ1n) is 6.42. The van der Waals surface area contributed by atoms with Crippen LogP contribution in [-0.4, -0.2) is 24.5 Å². The third-order valence-corrected chi connectivity index (χ3v) is 3.28. The summed E-state index contributed by atoms with van der Waals surface area (Å²) in [6, 6.07) is 10.1. The monoisotopic (exact) mass is 257 g/mol. The number of nitrogens with two attached hydrogens (primary N) is 1. The molecule has 1 aromatic heterocycles. The number of carbonyl (C=O) groups is 1. The third-order valence-electron chi connectivity index (χ3n) is 3.28. The molecule has 0 aliphatic heterocycles. The Hall–Kier alpha value is -1.94. The number of fused-ring (bicyclic) bond motifs is 1. The molecule has 0 radical (unpaired) electrons. The summed E-state index contributed by atoms with van der Waals surface area (Å²) in [6.45, 7) is 2.33. The Morgan fingerprint density at radius 2 is 2.16 bits per heavy atom. The largest absolute Gasteiger partial charge is 0.359 e. The van der Waals surface area contributed by atoms with Crippen LogP contribution in [0.25, 0.3) is 10.9 Å². The second-order valence-electron chi connectivity index (χ2n) is 4.73. The fourth-order valence-corrected chi connectivity index (χ4v) is 2.18. The third kappa shape index (κ3) is 3.09. The molecule has 0 saturated heterocycles. The lowest BCUT2D eigenvalue weighted by Gasteiger charge is -2.13. The minimum atomic E-state index is -0.180. The van der Waals surface area contributed by atoms with Crippen molar-refractivity contribution in [1.82, 2.24) is 10.3 Å². The number of aryl methyl sites for hydroxylation is 1. The highest BCUT2D eigenvalue weighted by molar-refractivity contribution is 5.81. The van der Waals surface area contributed by atoms with Crippen LogP contribution in [0.15, 0.2) is 30.3 Å². The van der Waals surface area contributed by atoms with Crippen molar-refractivity contribution >= 4 is 16.8 Å². The van der Waals surface area contributed by atoms with E-state index in [1.807, 2.05) is 25.1 Å². The molecule has 1 unspecified atom stereocenters. The highest BCUT2D eigenvalue weighted by Crippen LogP contribution is 2.17. The lowest BCUT2D eigenvalue weighted by molar-refractivity contribution is -0.124. The van der Waals surface area contributed by atoms with E-state index in [0.717, 1.165) is 22.2 Å². The zero-order valence-electron chi connectivity index (χ0n) is 11.3. The van der Waals surface area contributed by atoms with Crippen LogP contribution >= 0.6 is 0 Å². The van der Waals surface area contributed by atoms with Gasteiger partial charge in [0.15, 0.2) is 0 Å². The highest BCUT2D eigenvalue weighted by Gasteiger charge is 2.15. The van der Waals surface area contributed by atoms with Gasteiger partial charge in [-0.3, -0.25) is 9.78 Å². The Balaban J connectivity index is 2.26. The van der Waals surface area contributed by atoms with Gasteiger partial charge in [-0.05, 0) is 37.1 Å². The number of carbonyl (C=O) groups excluding carboxylic acids is 1. The van der Waals surface area contributed by atoms with Crippen molar-refractivity contribution in [3.63, 3.8) is 0 Å². The summed E-state index contributed by atoms with van der Waals surface area (Å²) in [5.41, 5.74) is 8.75. The molecule has 1 atom stereocenters. The highest BCUT2D eigenvalue weighted by atomic mass is 16.1. The molecular formula is C15H19N3O. The van der Waals surface area contributed by atoms with Crippen molar-refractivity contribution in [1.29, 1.82) is 0 Å². The number of benzene rings is 1. The molecule has 0 aliphatic rings. The zero-order chi connectivity index (χ0) is 13.8. The quantitative estimate of drug-likeness (QED) is 0.870. The van der Waals surface area contributed by atoms with Gasteiger partial charge in [-0.25, -0.2) is 0 Å². The van der Waals surface area contributed by atoms with E-state index in [0.29, 0.717) is 13.0 Å². The number of aromatic nitrogens is 1. The van der Waals surface area contributed by atoms with Crippen molar-refractivity contribution in [2.45, 2.75) is 13.3 Å². The molecule has 1 aromatic carbocycles. The van der Waals surface area contributed by atoms with E-state index in [2.05, 4.69) is 22.4 Å². The van der Waals surface area contributed by atoms with Crippen LogP contribution in [0.3, 0.4) is 0 Å². The summed E-state index contributed by atoms with van der Waals surface area (Å²) in [5.74, 6) is -0.189. The van der Waals surface area contributed by atoms with Crippen molar-refractivity contribution in [2.24, 2.45) is 11.7 Å². The van der Waals surface area contributed by atoms with Crippen LogP contribution in [0.2, 0.25) is 0 Å². The fraction of sp³-hybridized carbons (Fsp3) is 0.333. The lowest BCUT2D eigenvalue weighted by atomic mass is 9.97. The number of hydrogen-bond donors (Lipinski definition) is 2. The molecule has 2 aromatic rings. The van der Waals surface area contributed by atoms with Gasteiger partial charge in [0.25, 0.3) is 0 Å². The van der Waals surface area contributed by atoms with Crippen LogP contribution in [0.5, 0.6) is 0 Å². The van der Waals surface area contributed by atoms with E-state index in [9.17, 15) is 4.79 Å². The molecule has 0 saturated carbocycles. The smallest absolute Gasteiger partial charge is 0.224 e. The molecule has 100 valence electrons. The van der Waals surface area contributed by atoms with E-state index < -0.39 is 0 Å². The first-order chi connectivity index (χ1) is 9.13. The number of nitrogens with zero attached hydrogens (tertiary/aromatic N) is 1. The summed E-state index contributed by atoms with van der Waals surface area (Å²) < 4.78 is 0. The number of hydrogen-bond acceptors (Lipinski definition) is 3. The topological polar surface area (TPSA) is 68.0 Å². The van der Waals surface area contributed by atoms with Crippen molar-refractivity contribution in [3.05, 3.63) is 41.6 Å². The lowest BCUT2D eigenvalue weighted by Crippen LogP contribution is -2.34. The van der Waals surface area contributed by atoms with Crippen molar-refractivity contribution in [3.8, 4) is 0 Å². The van der Waals surface area contributed by atoms with Gasteiger partial charge in [0.1, 0.15) is 0 Å². The first-order valence-corrected chi connectivity index (χ1v) is 6.42. The molecule has 0 bridgehead atoms. The van der Waals surface area contributed by atoms with E-state index in [1.165, 1.54) is 0 Å². The summed E-state index contributed by atoms with van der Waals surface area (Å²) in [5, 5.41) is 3.74. The predicted octanol–water partition coefficient (Wildman–Crippen LogP) is 1.41. The molecule has 4 heteroatoms. The van der Waals surface area contributed by atoms with E-state index in [-0.39, 0.29) is 11.8 Å². The van der Waals surface area contributed by atoms with Crippen LogP contribution in [0, 0.1) is 12.8 Å². The van der Waals surface area contributed by atoms with E-state index in [4.69, 9.17) is 5.73 Å². The van der Waals surface area contributed by atoms with Crippen LogP contribution in [0.1, 0.15) is 11.3 Å². The molecule has 1 amide bonds. The Morgan fingerprint density at radius 3 is 2.84 bits per heavy atom. The number of amides is 1. The maximum atomic E-state index is 11.7. The maximum Gasteiger partial charge on any atom is 0.224 e. The number of rotatable bonds is 4. The fourth-order valence-electron chi connectivity index (χ4n) is 2.18. The van der Waals surface area contributed by atoms with Gasteiger partial charge in [-0.15, -0.1) is 0 Å². The average Bonchev–Trinajstić information content (AvgIpc) is 2.44. The van der Waals surface area contributed by atoms with Crippen molar-refractivity contribution in [2.75, 3.05) is 13.6 Å². The molecular weight excluding hydrogens is 238 g/mol. The predicted molar refractivity (Wildman–Crippen MR) is 76.8 cm³/mol. The van der Waals surface area contributed by atoms with E-state index in [1.54, 1.807) is 7.05 Å². The summed E-state index contributed by atoms with van der Waals surface area (Å²) in [4.78, 5) is 16.1. The second kappa shape index (κ2) is 5.80. The second-order valence-corrected chi connectivity index (χ2v) is 4.73. The minimum Gasteiger partial charge on any atom is -0.359 e. The molecule has 1 heterocycles. The molecule has 0 fully saturated rings. The zero-order valence-corrected chi connectivity index (χ0v) is 11.3. The Morgan fingerprint density at radius 1 is 1.37 bits per heavy atom. The normalized spacial score (nSPS) is 12.4. The van der Waals surface area contributed by atoms with Gasteiger partial charge in [-0.2, -0.15) is 0 Å². The average molecular weight is 257 g/mol. The summed E-state index contributed by atoms with van der Waals surface area (Å²) >= 11 is 0.